The number of H-pyrrole nitrogens is 1. The molecule has 1 aliphatic heterocycles. The van der Waals surface area contributed by atoms with Crippen molar-refractivity contribution in [3.05, 3.63) is 36.2 Å². The number of aromatic nitrogens is 2. The fourth-order valence-corrected chi connectivity index (χ4v) is 2.89. The van der Waals surface area contributed by atoms with Gasteiger partial charge in [-0.3, -0.25) is 9.69 Å². The SMILES string of the molecule is Cc1cc(NC(=O)[C@H](C)[NH+]2CCN(c3cccc[nH+]3)CC2)no1. The molecule has 7 heteroatoms. The third-order valence-electron chi connectivity index (χ3n) is 4.32. The van der Waals surface area contributed by atoms with Crippen molar-refractivity contribution < 1.29 is 19.2 Å². The molecule has 0 aliphatic carbocycles. The molecule has 23 heavy (non-hydrogen) atoms. The molecule has 3 heterocycles. The van der Waals surface area contributed by atoms with Crippen molar-refractivity contribution in [3.63, 3.8) is 0 Å². The number of quaternary nitrogens is 1. The number of piperazine rings is 1. The van der Waals surface area contributed by atoms with Crippen molar-refractivity contribution in [2.75, 3.05) is 36.4 Å². The van der Waals surface area contributed by atoms with Gasteiger partial charge >= 0.3 is 0 Å². The number of rotatable bonds is 4. The molecule has 122 valence electrons. The summed E-state index contributed by atoms with van der Waals surface area (Å²) in [7, 11) is 0. The molecule has 1 saturated heterocycles. The monoisotopic (exact) mass is 317 g/mol. The summed E-state index contributed by atoms with van der Waals surface area (Å²) in [6, 6.07) is 7.69. The summed E-state index contributed by atoms with van der Waals surface area (Å²) >= 11 is 0. The van der Waals surface area contributed by atoms with Crippen LogP contribution in [0.5, 0.6) is 0 Å². The van der Waals surface area contributed by atoms with E-state index in [0.717, 1.165) is 32.0 Å². The van der Waals surface area contributed by atoms with Gasteiger partial charge in [-0.1, -0.05) is 11.2 Å². The average molecular weight is 317 g/mol. The van der Waals surface area contributed by atoms with Crippen LogP contribution in [0.1, 0.15) is 12.7 Å². The van der Waals surface area contributed by atoms with Gasteiger partial charge in [-0.15, -0.1) is 0 Å². The van der Waals surface area contributed by atoms with E-state index in [2.05, 4.69) is 26.4 Å². The van der Waals surface area contributed by atoms with E-state index in [4.69, 9.17) is 4.52 Å². The lowest BCUT2D eigenvalue weighted by molar-refractivity contribution is -0.914. The number of aryl methyl sites for hydroxylation is 1. The van der Waals surface area contributed by atoms with Gasteiger partial charge in [0.25, 0.3) is 11.7 Å². The number of anilines is 2. The molecule has 7 nitrogen and oxygen atoms in total. The molecular weight excluding hydrogens is 294 g/mol. The number of aromatic amines is 1. The van der Waals surface area contributed by atoms with Crippen LogP contribution in [-0.4, -0.2) is 43.3 Å². The van der Waals surface area contributed by atoms with Crippen molar-refractivity contribution in [2.24, 2.45) is 0 Å². The fraction of sp³-hybridized carbons (Fsp3) is 0.438. The average Bonchev–Trinajstić information content (AvgIpc) is 3.00. The van der Waals surface area contributed by atoms with Crippen molar-refractivity contribution in [2.45, 2.75) is 19.9 Å². The highest BCUT2D eigenvalue weighted by Crippen LogP contribution is 2.07. The van der Waals surface area contributed by atoms with Gasteiger partial charge in [0.1, 0.15) is 31.9 Å². The Morgan fingerprint density at radius 3 is 2.83 bits per heavy atom. The van der Waals surface area contributed by atoms with E-state index in [9.17, 15) is 4.79 Å². The van der Waals surface area contributed by atoms with Gasteiger partial charge in [0.2, 0.25) is 0 Å². The molecule has 0 saturated carbocycles. The Hall–Kier alpha value is -2.41. The predicted molar refractivity (Wildman–Crippen MR) is 85.2 cm³/mol. The van der Waals surface area contributed by atoms with Crippen LogP contribution < -0.4 is 20.1 Å². The quantitative estimate of drug-likeness (QED) is 0.799. The molecule has 0 spiro atoms. The van der Waals surface area contributed by atoms with E-state index in [0.29, 0.717) is 11.6 Å². The molecule has 1 atom stereocenters. The number of nitrogens with one attached hydrogen (secondary N) is 3. The molecule has 2 aromatic rings. The zero-order valence-electron chi connectivity index (χ0n) is 13.5. The number of carbonyl (C=O) groups is 1. The van der Waals surface area contributed by atoms with E-state index < -0.39 is 0 Å². The maximum Gasteiger partial charge on any atom is 0.283 e. The number of nitrogens with zero attached hydrogens (tertiary/aromatic N) is 2. The van der Waals surface area contributed by atoms with Crippen molar-refractivity contribution in [1.29, 1.82) is 0 Å². The van der Waals surface area contributed by atoms with Crippen LogP contribution in [0.15, 0.2) is 35.0 Å². The maximum absolute atomic E-state index is 12.3. The summed E-state index contributed by atoms with van der Waals surface area (Å²) in [5.41, 5.74) is 0. The largest absolute Gasteiger partial charge is 0.360 e. The molecule has 0 aromatic carbocycles. The Kier molecular flexibility index (Phi) is 4.57. The van der Waals surface area contributed by atoms with E-state index in [1.165, 1.54) is 4.90 Å². The summed E-state index contributed by atoms with van der Waals surface area (Å²) in [4.78, 5) is 19.2. The Balaban J connectivity index is 1.53. The van der Waals surface area contributed by atoms with Gasteiger partial charge in [-0.2, -0.15) is 0 Å². The van der Waals surface area contributed by atoms with E-state index in [1.807, 2.05) is 25.3 Å². The zero-order chi connectivity index (χ0) is 16.2. The zero-order valence-corrected chi connectivity index (χ0v) is 13.5. The minimum absolute atomic E-state index is 0.0203. The first-order valence-electron chi connectivity index (χ1n) is 7.94. The third kappa shape index (κ3) is 3.68. The lowest BCUT2D eigenvalue weighted by atomic mass is 10.2. The standard InChI is InChI=1S/C16H21N5O2/c1-12-11-14(19-23-12)18-16(22)13(2)20-7-9-21(10-8-20)15-5-3-4-6-17-15/h3-6,11,13H,7-10H2,1-2H3,(H,18,19,22)/p+2/t13-/m0/s1. The van der Waals surface area contributed by atoms with Crippen LogP contribution in [-0.2, 0) is 4.79 Å². The lowest BCUT2D eigenvalue weighted by Crippen LogP contribution is -3.19. The summed E-state index contributed by atoms with van der Waals surface area (Å²) in [5.74, 6) is 2.28. The Morgan fingerprint density at radius 2 is 2.22 bits per heavy atom. The Labute approximate surface area is 135 Å². The van der Waals surface area contributed by atoms with Crippen molar-refractivity contribution in [3.8, 4) is 0 Å². The molecule has 1 fully saturated rings. The Morgan fingerprint density at radius 1 is 1.43 bits per heavy atom. The van der Waals surface area contributed by atoms with Crippen LogP contribution in [0.3, 0.4) is 0 Å². The lowest BCUT2D eigenvalue weighted by Gasteiger charge is -2.31. The van der Waals surface area contributed by atoms with Crippen LogP contribution in [0.25, 0.3) is 0 Å². The second-order valence-corrected chi connectivity index (χ2v) is 5.93. The molecular formula is C16H23N5O2+2. The van der Waals surface area contributed by atoms with Gasteiger partial charge in [0, 0.05) is 12.1 Å². The van der Waals surface area contributed by atoms with E-state index in [1.54, 1.807) is 13.0 Å². The predicted octanol–water partition coefficient (Wildman–Crippen LogP) is -0.471. The van der Waals surface area contributed by atoms with Crippen LogP contribution in [0.2, 0.25) is 0 Å². The number of carbonyl (C=O) groups excluding carboxylic acids is 1. The van der Waals surface area contributed by atoms with Gasteiger partial charge in [0.15, 0.2) is 11.9 Å². The highest BCUT2D eigenvalue weighted by Gasteiger charge is 2.32. The summed E-state index contributed by atoms with van der Waals surface area (Å²) in [6.07, 6.45) is 1.94. The van der Waals surface area contributed by atoms with Crippen LogP contribution >= 0.6 is 0 Å². The number of hydrogen-bond acceptors (Lipinski definition) is 4. The Bertz CT molecular complexity index is 650. The van der Waals surface area contributed by atoms with Gasteiger partial charge in [-0.05, 0) is 19.9 Å². The first kappa shape index (κ1) is 15.5. The highest BCUT2D eigenvalue weighted by atomic mass is 16.5. The molecule has 0 radical (unpaired) electrons. The molecule has 3 N–H and O–H groups in total. The normalized spacial score (nSPS) is 17.0. The number of amides is 1. The summed E-state index contributed by atoms with van der Waals surface area (Å²) in [5, 5.41) is 6.62. The minimum atomic E-state index is -0.117. The highest BCUT2D eigenvalue weighted by molar-refractivity contribution is 5.92. The van der Waals surface area contributed by atoms with Crippen LogP contribution in [0, 0.1) is 6.92 Å². The molecule has 2 aromatic heterocycles. The summed E-state index contributed by atoms with van der Waals surface area (Å²) < 4.78 is 4.97. The van der Waals surface area contributed by atoms with Gasteiger partial charge < -0.3 is 14.7 Å². The minimum Gasteiger partial charge on any atom is -0.360 e. The van der Waals surface area contributed by atoms with E-state index in [-0.39, 0.29) is 11.9 Å². The molecule has 0 bridgehead atoms. The van der Waals surface area contributed by atoms with Gasteiger partial charge in [-0.25, -0.2) is 4.98 Å². The van der Waals surface area contributed by atoms with E-state index >= 15 is 0 Å². The van der Waals surface area contributed by atoms with Crippen molar-refractivity contribution >= 4 is 17.5 Å². The van der Waals surface area contributed by atoms with Gasteiger partial charge in [0.05, 0.1) is 6.20 Å². The van der Waals surface area contributed by atoms with Crippen molar-refractivity contribution in [1.82, 2.24) is 5.16 Å². The molecule has 1 aliphatic rings. The second kappa shape index (κ2) is 6.78. The number of pyridine rings is 1. The molecule has 3 rings (SSSR count). The number of hydrogen-bond donors (Lipinski definition) is 2. The van der Waals surface area contributed by atoms with Crippen LogP contribution in [0.4, 0.5) is 11.6 Å². The summed E-state index contributed by atoms with van der Waals surface area (Å²) in [6.45, 7) is 7.47. The molecule has 0 unspecified atom stereocenters. The smallest absolute Gasteiger partial charge is 0.283 e. The fourth-order valence-electron chi connectivity index (χ4n) is 2.89. The molecule has 1 amide bonds. The third-order valence-corrected chi connectivity index (χ3v) is 4.32. The first-order valence-corrected chi connectivity index (χ1v) is 7.94. The first-order chi connectivity index (χ1) is 11.1. The topological polar surface area (TPSA) is 77.0 Å². The maximum atomic E-state index is 12.3. The second-order valence-electron chi connectivity index (χ2n) is 5.93.